The highest BCUT2D eigenvalue weighted by atomic mass is 32.2. The van der Waals surface area contributed by atoms with Gasteiger partial charge in [0.05, 0.1) is 12.5 Å². The van der Waals surface area contributed by atoms with Gasteiger partial charge >= 0.3 is 0 Å². The SMILES string of the molecule is CC/C(C)=C(/CC#N)SC(C)C. The summed E-state index contributed by atoms with van der Waals surface area (Å²) < 4.78 is 0. The molecule has 0 aromatic carbocycles. The van der Waals surface area contributed by atoms with Crippen molar-refractivity contribution in [3.63, 3.8) is 0 Å². The Morgan fingerprint density at radius 1 is 1.50 bits per heavy atom. The molecule has 0 amide bonds. The fourth-order valence-electron chi connectivity index (χ4n) is 0.847. The maximum Gasteiger partial charge on any atom is 0.0675 e. The van der Waals surface area contributed by atoms with Crippen LogP contribution in [0.5, 0.6) is 0 Å². The van der Waals surface area contributed by atoms with Crippen molar-refractivity contribution in [3.8, 4) is 6.07 Å². The number of nitriles is 1. The van der Waals surface area contributed by atoms with E-state index in [2.05, 4.69) is 33.8 Å². The minimum absolute atomic E-state index is 0.572. The molecule has 0 N–H and O–H groups in total. The lowest BCUT2D eigenvalue weighted by molar-refractivity contribution is 1.06. The van der Waals surface area contributed by atoms with Crippen LogP contribution in [0, 0.1) is 11.3 Å². The van der Waals surface area contributed by atoms with Crippen LogP contribution in [0.25, 0.3) is 0 Å². The van der Waals surface area contributed by atoms with Crippen LogP contribution in [-0.4, -0.2) is 5.25 Å². The fraction of sp³-hybridized carbons (Fsp3) is 0.700. The number of nitrogens with zero attached hydrogens (tertiary/aromatic N) is 1. The van der Waals surface area contributed by atoms with Crippen LogP contribution in [0.15, 0.2) is 10.5 Å². The van der Waals surface area contributed by atoms with Crippen LogP contribution in [0.3, 0.4) is 0 Å². The van der Waals surface area contributed by atoms with E-state index < -0.39 is 0 Å². The molecule has 2 heteroatoms. The molecule has 0 aliphatic carbocycles. The van der Waals surface area contributed by atoms with Gasteiger partial charge in [-0.05, 0) is 18.2 Å². The second kappa shape index (κ2) is 6.14. The summed E-state index contributed by atoms with van der Waals surface area (Å²) in [5, 5.41) is 9.18. The summed E-state index contributed by atoms with van der Waals surface area (Å²) in [6.45, 7) is 8.56. The van der Waals surface area contributed by atoms with Crippen molar-refractivity contribution in [3.05, 3.63) is 10.5 Å². The molecule has 0 saturated carbocycles. The molecule has 68 valence electrons. The standard InChI is InChI=1S/C10H17NS/c1-5-9(4)10(6-7-11)12-8(2)3/h8H,5-6H2,1-4H3/b10-9-. The molecule has 0 rings (SSSR count). The Morgan fingerprint density at radius 2 is 2.08 bits per heavy atom. The average molecular weight is 183 g/mol. The Balaban J connectivity index is 4.34. The lowest BCUT2D eigenvalue weighted by atomic mass is 10.2. The third-order valence-corrected chi connectivity index (χ3v) is 2.87. The number of rotatable bonds is 4. The van der Waals surface area contributed by atoms with Crippen molar-refractivity contribution < 1.29 is 0 Å². The highest BCUT2D eigenvalue weighted by molar-refractivity contribution is 8.03. The normalized spacial score (nSPS) is 12.7. The summed E-state index contributed by atoms with van der Waals surface area (Å²) in [5.41, 5.74) is 1.36. The molecule has 0 aliphatic heterocycles. The number of hydrogen-bond acceptors (Lipinski definition) is 2. The number of hydrogen-bond donors (Lipinski definition) is 0. The van der Waals surface area contributed by atoms with E-state index in [1.807, 2.05) is 11.8 Å². The van der Waals surface area contributed by atoms with Crippen molar-refractivity contribution in [2.75, 3.05) is 0 Å². The minimum atomic E-state index is 0.572. The summed E-state index contributed by atoms with van der Waals surface area (Å²) >= 11 is 1.81. The molecule has 0 aromatic heterocycles. The van der Waals surface area contributed by atoms with Gasteiger partial charge in [-0.2, -0.15) is 5.26 Å². The van der Waals surface area contributed by atoms with Crippen molar-refractivity contribution in [2.24, 2.45) is 0 Å². The lowest BCUT2D eigenvalue weighted by Gasteiger charge is -2.09. The van der Waals surface area contributed by atoms with Gasteiger partial charge in [-0.1, -0.05) is 26.3 Å². The van der Waals surface area contributed by atoms with E-state index >= 15 is 0 Å². The van der Waals surface area contributed by atoms with Gasteiger partial charge in [0.2, 0.25) is 0 Å². The fourth-order valence-corrected chi connectivity index (χ4v) is 1.91. The summed E-state index contributed by atoms with van der Waals surface area (Å²) in [7, 11) is 0. The Morgan fingerprint density at radius 3 is 2.42 bits per heavy atom. The molecule has 0 heterocycles. The molecule has 0 unspecified atom stereocenters. The molecule has 0 aromatic rings. The van der Waals surface area contributed by atoms with Crippen molar-refractivity contribution in [1.29, 1.82) is 5.26 Å². The van der Waals surface area contributed by atoms with Crippen LogP contribution in [0.2, 0.25) is 0 Å². The first-order chi connectivity index (χ1) is 5.61. The predicted molar refractivity (Wildman–Crippen MR) is 55.9 cm³/mol. The summed E-state index contributed by atoms with van der Waals surface area (Å²) in [6, 6.07) is 2.21. The highest BCUT2D eigenvalue weighted by Crippen LogP contribution is 2.28. The van der Waals surface area contributed by atoms with Crippen LogP contribution in [0.1, 0.15) is 40.5 Å². The molecule has 0 radical (unpaired) electrons. The largest absolute Gasteiger partial charge is 0.198 e. The first kappa shape index (κ1) is 11.6. The van der Waals surface area contributed by atoms with Gasteiger partial charge in [0.15, 0.2) is 0 Å². The molecule has 0 spiro atoms. The first-order valence-electron chi connectivity index (χ1n) is 4.34. The Kier molecular flexibility index (Phi) is 5.92. The van der Waals surface area contributed by atoms with Gasteiger partial charge in [-0.25, -0.2) is 0 Å². The zero-order valence-electron chi connectivity index (χ0n) is 8.35. The predicted octanol–water partition coefficient (Wildman–Crippen LogP) is 3.73. The maximum atomic E-state index is 8.60. The lowest BCUT2D eigenvalue weighted by Crippen LogP contribution is -1.91. The second-order valence-corrected chi connectivity index (χ2v) is 4.73. The Bertz CT molecular complexity index is 198. The van der Waals surface area contributed by atoms with Crippen LogP contribution < -0.4 is 0 Å². The van der Waals surface area contributed by atoms with Gasteiger partial charge in [-0.3, -0.25) is 0 Å². The number of thioether (sulfide) groups is 1. The van der Waals surface area contributed by atoms with Gasteiger partial charge in [0.1, 0.15) is 0 Å². The van der Waals surface area contributed by atoms with Gasteiger partial charge < -0.3 is 0 Å². The topological polar surface area (TPSA) is 23.8 Å². The third kappa shape index (κ3) is 4.46. The molecule has 0 atom stereocenters. The van der Waals surface area contributed by atoms with Crippen LogP contribution in [-0.2, 0) is 0 Å². The zero-order chi connectivity index (χ0) is 9.56. The summed E-state index contributed by atoms with van der Waals surface area (Å²) in [6.07, 6.45) is 1.62. The Hall–Kier alpha value is -0.420. The molecular weight excluding hydrogens is 166 g/mol. The molecule has 12 heavy (non-hydrogen) atoms. The molecule has 0 fully saturated rings. The van der Waals surface area contributed by atoms with Crippen molar-refractivity contribution in [2.45, 2.75) is 45.8 Å². The molecular formula is C10H17NS. The molecule has 0 aliphatic rings. The van der Waals surface area contributed by atoms with Gasteiger partial charge in [0, 0.05) is 5.25 Å². The smallest absolute Gasteiger partial charge is 0.0675 e. The molecule has 1 nitrogen and oxygen atoms in total. The van der Waals surface area contributed by atoms with Crippen LogP contribution in [0.4, 0.5) is 0 Å². The molecule has 0 bridgehead atoms. The van der Waals surface area contributed by atoms with E-state index in [4.69, 9.17) is 5.26 Å². The van der Waals surface area contributed by atoms with Crippen molar-refractivity contribution >= 4 is 11.8 Å². The zero-order valence-corrected chi connectivity index (χ0v) is 9.16. The van der Waals surface area contributed by atoms with E-state index in [0.29, 0.717) is 11.7 Å². The Labute approximate surface area is 79.8 Å². The van der Waals surface area contributed by atoms with E-state index in [1.165, 1.54) is 10.5 Å². The van der Waals surface area contributed by atoms with E-state index in [1.54, 1.807) is 0 Å². The quantitative estimate of drug-likeness (QED) is 0.663. The van der Waals surface area contributed by atoms with Crippen LogP contribution >= 0.6 is 11.8 Å². The number of allylic oxidation sites excluding steroid dienone is 2. The van der Waals surface area contributed by atoms with Gasteiger partial charge in [-0.15, -0.1) is 11.8 Å². The summed E-state index contributed by atoms with van der Waals surface area (Å²) in [5.74, 6) is 0. The average Bonchev–Trinajstić information content (AvgIpc) is 2.01. The van der Waals surface area contributed by atoms with E-state index in [-0.39, 0.29) is 0 Å². The third-order valence-electron chi connectivity index (χ3n) is 1.62. The monoisotopic (exact) mass is 183 g/mol. The maximum absolute atomic E-state index is 8.60. The second-order valence-electron chi connectivity index (χ2n) is 3.06. The molecule has 0 saturated heterocycles. The van der Waals surface area contributed by atoms with E-state index in [9.17, 15) is 0 Å². The van der Waals surface area contributed by atoms with E-state index in [0.717, 1.165) is 6.42 Å². The highest BCUT2D eigenvalue weighted by Gasteiger charge is 2.04. The summed E-state index contributed by atoms with van der Waals surface area (Å²) in [4.78, 5) is 1.26. The minimum Gasteiger partial charge on any atom is -0.198 e. The first-order valence-corrected chi connectivity index (χ1v) is 5.22. The van der Waals surface area contributed by atoms with Crippen molar-refractivity contribution in [1.82, 2.24) is 0 Å². The van der Waals surface area contributed by atoms with Gasteiger partial charge in [0.25, 0.3) is 0 Å².